The molecule has 0 bridgehead atoms. The monoisotopic (exact) mass is 242 g/mol. The van der Waals surface area contributed by atoms with Gasteiger partial charge in [0.15, 0.2) is 6.04 Å². The van der Waals surface area contributed by atoms with E-state index in [0.717, 1.165) is 13.1 Å². The Morgan fingerprint density at radius 3 is 2.67 bits per heavy atom. The van der Waals surface area contributed by atoms with Crippen molar-refractivity contribution in [1.82, 2.24) is 4.57 Å². The van der Waals surface area contributed by atoms with Gasteiger partial charge in [0.1, 0.15) is 0 Å². The molecule has 3 nitrogen and oxygen atoms in total. The summed E-state index contributed by atoms with van der Waals surface area (Å²) in [6.07, 6.45) is 2.18. The Morgan fingerprint density at radius 2 is 1.94 bits per heavy atom. The highest BCUT2D eigenvalue weighted by molar-refractivity contribution is 5.47. The second kappa shape index (κ2) is 4.50. The minimum absolute atomic E-state index is 0.449. The lowest BCUT2D eigenvalue weighted by atomic mass is 10.0. The summed E-state index contributed by atoms with van der Waals surface area (Å²) in [5.74, 6) is 0. The first-order valence-electron chi connectivity index (χ1n) is 6.51. The van der Waals surface area contributed by atoms with E-state index in [0.29, 0.717) is 6.04 Å². The van der Waals surface area contributed by atoms with Gasteiger partial charge in [-0.1, -0.05) is 12.1 Å². The van der Waals surface area contributed by atoms with Gasteiger partial charge in [0.05, 0.1) is 18.8 Å². The largest absolute Gasteiger partial charge is 0.378 e. The third-order valence-electron chi connectivity index (χ3n) is 3.72. The van der Waals surface area contributed by atoms with Crippen molar-refractivity contribution >= 4 is 5.69 Å². The number of fused-ring (bicyclic) bond motifs is 1. The van der Waals surface area contributed by atoms with Gasteiger partial charge in [-0.2, -0.15) is 0 Å². The van der Waals surface area contributed by atoms with Crippen LogP contribution in [0, 0.1) is 0 Å². The highest BCUT2D eigenvalue weighted by Gasteiger charge is 2.24. The standard InChI is InChI=1S/C15H19N3/c1-17(2)13-7-5-12(6-8-13)15-14-4-3-10-18(14)11-9-16-15/h3-8,10,15-16H,9,11H2,1-2H3/p+1/t15-/m1/s1. The van der Waals surface area contributed by atoms with Crippen LogP contribution in [0.15, 0.2) is 42.6 Å². The van der Waals surface area contributed by atoms with Gasteiger partial charge in [-0.15, -0.1) is 0 Å². The zero-order valence-corrected chi connectivity index (χ0v) is 11.0. The average molecular weight is 242 g/mol. The van der Waals surface area contributed by atoms with Crippen molar-refractivity contribution in [2.24, 2.45) is 0 Å². The molecule has 0 radical (unpaired) electrons. The van der Waals surface area contributed by atoms with Gasteiger partial charge in [-0.05, 0) is 24.3 Å². The van der Waals surface area contributed by atoms with Gasteiger partial charge >= 0.3 is 0 Å². The molecular formula is C15H20N3+. The van der Waals surface area contributed by atoms with Crippen LogP contribution in [-0.2, 0) is 6.54 Å². The molecule has 0 amide bonds. The third-order valence-corrected chi connectivity index (χ3v) is 3.72. The van der Waals surface area contributed by atoms with Gasteiger partial charge in [0.2, 0.25) is 0 Å². The number of rotatable bonds is 2. The van der Waals surface area contributed by atoms with Crippen molar-refractivity contribution in [1.29, 1.82) is 0 Å². The van der Waals surface area contributed by atoms with Gasteiger partial charge < -0.3 is 14.8 Å². The van der Waals surface area contributed by atoms with Gasteiger partial charge in [-0.3, -0.25) is 0 Å². The first-order valence-corrected chi connectivity index (χ1v) is 6.51. The third kappa shape index (κ3) is 1.91. The van der Waals surface area contributed by atoms with Crippen LogP contribution in [0.4, 0.5) is 5.69 Å². The molecule has 0 spiro atoms. The molecule has 1 aromatic carbocycles. The van der Waals surface area contributed by atoms with Crippen molar-refractivity contribution in [3.05, 3.63) is 53.9 Å². The highest BCUT2D eigenvalue weighted by Crippen LogP contribution is 2.23. The first kappa shape index (κ1) is 11.4. The molecule has 3 rings (SSSR count). The van der Waals surface area contributed by atoms with Crippen molar-refractivity contribution in [2.45, 2.75) is 12.6 Å². The number of nitrogens with zero attached hydrogens (tertiary/aromatic N) is 2. The summed E-state index contributed by atoms with van der Waals surface area (Å²) in [5, 5.41) is 2.43. The number of hydrogen-bond donors (Lipinski definition) is 1. The smallest absolute Gasteiger partial charge is 0.152 e. The van der Waals surface area contributed by atoms with Crippen molar-refractivity contribution in [2.75, 3.05) is 25.5 Å². The number of quaternary nitrogens is 1. The number of aromatic nitrogens is 1. The molecule has 1 aliphatic rings. The number of anilines is 1. The van der Waals surface area contributed by atoms with E-state index in [1.54, 1.807) is 0 Å². The molecule has 94 valence electrons. The highest BCUT2D eigenvalue weighted by atomic mass is 15.1. The van der Waals surface area contributed by atoms with Crippen molar-refractivity contribution < 1.29 is 5.32 Å². The Kier molecular flexibility index (Phi) is 2.84. The summed E-state index contributed by atoms with van der Waals surface area (Å²) in [6.45, 7) is 2.27. The zero-order valence-electron chi connectivity index (χ0n) is 11.0. The van der Waals surface area contributed by atoms with Gasteiger partial charge in [0.25, 0.3) is 0 Å². The van der Waals surface area contributed by atoms with E-state index < -0.39 is 0 Å². The van der Waals surface area contributed by atoms with E-state index >= 15 is 0 Å². The predicted molar refractivity (Wildman–Crippen MR) is 73.8 cm³/mol. The van der Waals surface area contributed by atoms with Crippen LogP contribution in [0.25, 0.3) is 0 Å². The van der Waals surface area contributed by atoms with Crippen LogP contribution in [0.5, 0.6) is 0 Å². The van der Waals surface area contributed by atoms with Crippen LogP contribution >= 0.6 is 0 Å². The van der Waals surface area contributed by atoms with E-state index in [2.05, 4.69) is 71.5 Å². The fourth-order valence-corrected chi connectivity index (χ4v) is 2.70. The maximum absolute atomic E-state index is 2.43. The zero-order chi connectivity index (χ0) is 12.5. The summed E-state index contributed by atoms with van der Waals surface area (Å²) >= 11 is 0. The predicted octanol–water partition coefficient (Wildman–Crippen LogP) is 1.22. The van der Waals surface area contributed by atoms with Crippen molar-refractivity contribution in [3.63, 3.8) is 0 Å². The molecule has 0 fully saturated rings. The Morgan fingerprint density at radius 1 is 1.17 bits per heavy atom. The van der Waals surface area contributed by atoms with Gasteiger partial charge in [-0.25, -0.2) is 0 Å². The molecule has 0 saturated carbocycles. The van der Waals surface area contributed by atoms with E-state index in [1.807, 2.05) is 0 Å². The Balaban J connectivity index is 1.92. The second-order valence-corrected chi connectivity index (χ2v) is 5.11. The molecule has 0 aliphatic carbocycles. The van der Waals surface area contributed by atoms with E-state index in [9.17, 15) is 0 Å². The summed E-state index contributed by atoms with van der Waals surface area (Å²) in [6, 6.07) is 13.7. The summed E-state index contributed by atoms with van der Waals surface area (Å²) < 4.78 is 2.37. The van der Waals surface area contributed by atoms with Crippen LogP contribution < -0.4 is 10.2 Å². The normalized spacial score (nSPS) is 18.4. The molecule has 18 heavy (non-hydrogen) atoms. The SMILES string of the molecule is CN(C)c1ccc([C@H]2[NH2+]CCn3cccc32)cc1. The quantitative estimate of drug-likeness (QED) is 0.841. The molecule has 1 aromatic heterocycles. The molecule has 0 saturated heterocycles. The summed E-state index contributed by atoms with van der Waals surface area (Å²) in [5.41, 5.74) is 4.06. The first-order chi connectivity index (χ1) is 8.75. The lowest BCUT2D eigenvalue weighted by Crippen LogP contribution is -2.88. The van der Waals surface area contributed by atoms with E-state index in [1.165, 1.54) is 16.9 Å². The minimum atomic E-state index is 0.449. The van der Waals surface area contributed by atoms with Gasteiger partial charge in [0, 0.05) is 31.5 Å². The van der Waals surface area contributed by atoms with E-state index in [-0.39, 0.29) is 0 Å². The maximum Gasteiger partial charge on any atom is 0.152 e. The second-order valence-electron chi connectivity index (χ2n) is 5.11. The number of hydrogen-bond acceptors (Lipinski definition) is 1. The fourth-order valence-electron chi connectivity index (χ4n) is 2.70. The molecular weight excluding hydrogens is 222 g/mol. The maximum atomic E-state index is 2.43. The molecule has 2 N–H and O–H groups in total. The Labute approximate surface area is 108 Å². The molecule has 1 aliphatic heterocycles. The van der Waals surface area contributed by atoms with Crippen molar-refractivity contribution in [3.8, 4) is 0 Å². The minimum Gasteiger partial charge on any atom is -0.378 e. The van der Waals surface area contributed by atoms with Crippen LogP contribution in [0.3, 0.4) is 0 Å². The molecule has 3 heteroatoms. The lowest BCUT2D eigenvalue weighted by Gasteiger charge is -2.24. The Hall–Kier alpha value is -1.74. The molecule has 2 heterocycles. The molecule has 1 atom stereocenters. The van der Waals surface area contributed by atoms with Crippen LogP contribution in [0.1, 0.15) is 17.3 Å². The summed E-state index contributed by atoms with van der Waals surface area (Å²) in [7, 11) is 4.15. The average Bonchev–Trinajstić information content (AvgIpc) is 2.87. The molecule has 0 unspecified atom stereocenters. The lowest BCUT2D eigenvalue weighted by molar-refractivity contribution is -0.693. The van der Waals surface area contributed by atoms with Crippen LogP contribution in [-0.4, -0.2) is 25.2 Å². The van der Waals surface area contributed by atoms with E-state index in [4.69, 9.17) is 0 Å². The summed E-state index contributed by atoms with van der Waals surface area (Å²) in [4.78, 5) is 2.14. The molecule has 2 aromatic rings. The number of benzene rings is 1. The van der Waals surface area contributed by atoms with Crippen LogP contribution in [0.2, 0.25) is 0 Å². The fraction of sp³-hybridized carbons (Fsp3) is 0.333. The number of nitrogens with two attached hydrogens (primary N) is 1. The Bertz CT molecular complexity index is 525. The topological polar surface area (TPSA) is 24.8 Å².